The number of nitrogens with two attached hydrogens (primary N) is 1. The normalized spacial score (nSPS) is 12.2. The fraction of sp³-hybridized carbons (Fsp3) is 0.231. The van der Waals surface area contributed by atoms with Crippen molar-refractivity contribution in [2.24, 2.45) is 0 Å². The lowest BCUT2D eigenvalue weighted by Crippen LogP contribution is -2.36. The molecule has 0 bridgehead atoms. The second-order valence-electron chi connectivity index (χ2n) is 4.47. The number of carbonyl (C=O) groups is 1. The van der Waals surface area contributed by atoms with Crippen LogP contribution in [0.5, 0.6) is 0 Å². The maximum absolute atomic E-state index is 12.2. The second kappa shape index (κ2) is 6.15. The molecule has 0 saturated heterocycles. The van der Waals surface area contributed by atoms with Crippen LogP contribution in [-0.2, 0) is 6.54 Å². The largest absolute Gasteiger partial charge is 0.399 e. The molecule has 1 aromatic heterocycles. The molecule has 1 amide bonds. The van der Waals surface area contributed by atoms with Crippen LogP contribution in [0.4, 0.5) is 5.69 Å². The van der Waals surface area contributed by atoms with Crippen LogP contribution in [0, 0.1) is 0 Å². The maximum atomic E-state index is 12.2. The van der Waals surface area contributed by atoms with Crippen LogP contribution in [0.25, 0.3) is 0 Å². The number of amides is 1. The minimum absolute atomic E-state index is 0.112. The van der Waals surface area contributed by atoms with Crippen LogP contribution in [0.1, 0.15) is 17.3 Å². The van der Waals surface area contributed by atoms with Crippen molar-refractivity contribution in [2.75, 3.05) is 5.73 Å². The Labute approximate surface area is 126 Å². The van der Waals surface area contributed by atoms with Gasteiger partial charge >= 0.3 is 0 Å². The van der Waals surface area contributed by atoms with Gasteiger partial charge in [0.15, 0.2) is 0 Å². The SMILES string of the molecule is CC(Cn1cccn1)NC(=O)c1cc(N)cc(Cl)c1Cl. The van der Waals surface area contributed by atoms with Gasteiger partial charge in [0.25, 0.3) is 5.91 Å². The van der Waals surface area contributed by atoms with E-state index in [9.17, 15) is 4.79 Å². The highest BCUT2D eigenvalue weighted by Crippen LogP contribution is 2.28. The van der Waals surface area contributed by atoms with Gasteiger partial charge in [-0.2, -0.15) is 5.10 Å². The molecule has 1 unspecified atom stereocenters. The minimum Gasteiger partial charge on any atom is -0.399 e. The molecule has 1 heterocycles. The summed E-state index contributed by atoms with van der Waals surface area (Å²) < 4.78 is 1.74. The highest BCUT2D eigenvalue weighted by Gasteiger charge is 2.16. The highest BCUT2D eigenvalue weighted by molar-refractivity contribution is 6.44. The lowest BCUT2D eigenvalue weighted by atomic mass is 10.1. The number of halogens is 2. The Hall–Kier alpha value is -1.72. The van der Waals surface area contributed by atoms with Gasteiger partial charge in [-0.1, -0.05) is 23.2 Å². The molecule has 0 spiro atoms. The Bertz CT molecular complexity index is 613. The highest BCUT2D eigenvalue weighted by atomic mass is 35.5. The van der Waals surface area contributed by atoms with E-state index < -0.39 is 0 Å². The molecule has 0 aliphatic carbocycles. The van der Waals surface area contributed by atoms with Gasteiger partial charge in [0, 0.05) is 24.1 Å². The van der Waals surface area contributed by atoms with Gasteiger partial charge in [-0.05, 0) is 25.1 Å². The standard InChI is InChI=1S/C13H14Cl2N4O/c1-8(7-19-4-2-3-17-19)18-13(20)10-5-9(16)6-11(14)12(10)15/h2-6,8H,7,16H2,1H3,(H,18,20). The van der Waals surface area contributed by atoms with Crippen molar-refractivity contribution in [3.05, 3.63) is 46.2 Å². The zero-order chi connectivity index (χ0) is 14.7. The van der Waals surface area contributed by atoms with Crippen molar-refractivity contribution in [3.63, 3.8) is 0 Å². The second-order valence-corrected chi connectivity index (χ2v) is 5.25. The van der Waals surface area contributed by atoms with E-state index in [0.717, 1.165) is 0 Å². The van der Waals surface area contributed by atoms with E-state index >= 15 is 0 Å². The Morgan fingerprint density at radius 2 is 2.25 bits per heavy atom. The number of hydrogen-bond acceptors (Lipinski definition) is 3. The van der Waals surface area contributed by atoms with Crippen molar-refractivity contribution in [2.45, 2.75) is 19.5 Å². The number of aromatic nitrogens is 2. The Kier molecular flexibility index (Phi) is 4.52. The molecule has 1 atom stereocenters. The van der Waals surface area contributed by atoms with Gasteiger partial charge in [-0.25, -0.2) is 0 Å². The van der Waals surface area contributed by atoms with Crippen LogP contribution in [-0.4, -0.2) is 21.7 Å². The van der Waals surface area contributed by atoms with Crippen LogP contribution in [0.15, 0.2) is 30.6 Å². The zero-order valence-corrected chi connectivity index (χ0v) is 12.3. The first kappa shape index (κ1) is 14.7. The number of anilines is 1. The van der Waals surface area contributed by atoms with Gasteiger partial charge < -0.3 is 11.1 Å². The molecule has 1 aromatic carbocycles. The Morgan fingerprint density at radius 3 is 2.90 bits per heavy atom. The predicted octanol–water partition coefficient (Wildman–Crippen LogP) is 2.59. The van der Waals surface area contributed by atoms with Crippen molar-refractivity contribution in [3.8, 4) is 0 Å². The van der Waals surface area contributed by atoms with Crippen LogP contribution in [0.3, 0.4) is 0 Å². The molecular formula is C13H14Cl2N4O. The molecule has 0 saturated carbocycles. The predicted molar refractivity (Wildman–Crippen MR) is 80.0 cm³/mol. The van der Waals surface area contributed by atoms with E-state index in [1.54, 1.807) is 10.9 Å². The molecule has 106 valence electrons. The summed E-state index contributed by atoms with van der Waals surface area (Å²) in [5.41, 5.74) is 6.33. The maximum Gasteiger partial charge on any atom is 0.253 e. The number of nitrogens with one attached hydrogen (secondary N) is 1. The Balaban J connectivity index is 2.08. The summed E-state index contributed by atoms with van der Waals surface area (Å²) in [6, 6.07) is 4.72. The molecule has 7 heteroatoms. The average molecular weight is 313 g/mol. The molecular weight excluding hydrogens is 299 g/mol. The van der Waals surface area contributed by atoms with Gasteiger partial charge in [-0.15, -0.1) is 0 Å². The topological polar surface area (TPSA) is 72.9 Å². The molecule has 20 heavy (non-hydrogen) atoms. The van der Waals surface area contributed by atoms with Gasteiger partial charge in [-0.3, -0.25) is 9.48 Å². The number of nitrogens with zero attached hydrogens (tertiary/aromatic N) is 2. The number of nitrogen functional groups attached to an aromatic ring is 1. The fourth-order valence-electron chi connectivity index (χ4n) is 1.81. The number of hydrogen-bond donors (Lipinski definition) is 2. The summed E-state index contributed by atoms with van der Waals surface area (Å²) in [5, 5.41) is 7.37. The number of benzene rings is 1. The fourth-order valence-corrected chi connectivity index (χ4v) is 2.23. The third-order valence-electron chi connectivity index (χ3n) is 2.69. The van der Waals surface area contributed by atoms with Crippen LogP contribution < -0.4 is 11.1 Å². The van der Waals surface area contributed by atoms with Crippen molar-refractivity contribution in [1.82, 2.24) is 15.1 Å². The molecule has 3 N–H and O–H groups in total. The summed E-state index contributed by atoms with van der Waals surface area (Å²) in [5.74, 6) is -0.316. The van der Waals surface area contributed by atoms with Crippen molar-refractivity contribution < 1.29 is 4.79 Å². The zero-order valence-electron chi connectivity index (χ0n) is 10.8. The van der Waals surface area contributed by atoms with Gasteiger partial charge in [0.05, 0.1) is 22.2 Å². The summed E-state index contributed by atoms with van der Waals surface area (Å²) >= 11 is 11.9. The Morgan fingerprint density at radius 1 is 1.50 bits per heavy atom. The van der Waals surface area contributed by atoms with Crippen LogP contribution >= 0.6 is 23.2 Å². The first-order valence-electron chi connectivity index (χ1n) is 6.00. The van der Waals surface area contributed by atoms with Gasteiger partial charge in [0.2, 0.25) is 0 Å². The van der Waals surface area contributed by atoms with Crippen LogP contribution in [0.2, 0.25) is 10.0 Å². The minimum atomic E-state index is -0.316. The van der Waals surface area contributed by atoms with E-state index in [2.05, 4.69) is 10.4 Å². The molecule has 0 fully saturated rings. The smallest absolute Gasteiger partial charge is 0.253 e. The van der Waals surface area contributed by atoms with E-state index in [-0.39, 0.29) is 27.6 Å². The number of rotatable bonds is 4. The van der Waals surface area contributed by atoms with E-state index in [1.807, 2.05) is 19.2 Å². The first-order chi connectivity index (χ1) is 9.47. The van der Waals surface area contributed by atoms with E-state index in [1.165, 1.54) is 12.1 Å². The molecule has 0 radical (unpaired) electrons. The first-order valence-corrected chi connectivity index (χ1v) is 6.75. The van der Waals surface area contributed by atoms with Crippen molar-refractivity contribution >= 4 is 34.8 Å². The third kappa shape index (κ3) is 3.43. The molecule has 2 aromatic rings. The average Bonchev–Trinajstić information content (AvgIpc) is 2.86. The lowest BCUT2D eigenvalue weighted by Gasteiger charge is -2.15. The molecule has 5 nitrogen and oxygen atoms in total. The summed E-state index contributed by atoms with van der Waals surface area (Å²) in [4.78, 5) is 12.2. The number of carbonyl (C=O) groups excluding carboxylic acids is 1. The molecule has 0 aliphatic heterocycles. The monoisotopic (exact) mass is 312 g/mol. The lowest BCUT2D eigenvalue weighted by molar-refractivity contribution is 0.0936. The summed E-state index contributed by atoms with van der Waals surface area (Å²) in [7, 11) is 0. The van der Waals surface area contributed by atoms with Gasteiger partial charge in [0.1, 0.15) is 0 Å². The molecule has 0 aliphatic rings. The van der Waals surface area contributed by atoms with E-state index in [4.69, 9.17) is 28.9 Å². The molecule has 2 rings (SSSR count). The van der Waals surface area contributed by atoms with E-state index in [0.29, 0.717) is 12.2 Å². The van der Waals surface area contributed by atoms with Crippen molar-refractivity contribution in [1.29, 1.82) is 0 Å². The third-order valence-corrected chi connectivity index (χ3v) is 3.49. The quantitative estimate of drug-likeness (QED) is 0.852. The summed E-state index contributed by atoms with van der Waals surface area (Å²) in [6.07, 6.45) is 3.51. The summed E-state index contributed by atoms with van der Waals surface area (Å²) in [6.45, 7) is 2.44.